The summed E-state index contributed by atoms with van der Waals surface area (Å²) < 4.78 is 15.3. The standard InChI is InChI=1S/C20H26N2O6/c1-26-16-10-6-7-14(19(16)27-2)11-12-18(24)28-13-17(23)22-20(25)21-15-8-4-3-5-9-15/h6-7,10-12,15H,3-5,8-9,13H2,1-2H3,(H2,21,22,23,25)/b12-11+. The van der Waals surface area contributed by atoms with Gasteiger partial charge in [-0.15, -0.1) is 0 Å². The highest BCUT2D eigenvalue weighted by molar-refractivity contribution is 5.96. The first-order valence-electron chi connectivity index (χ1n) is 9.19. The Morgan fingerprint density at radius 3 is 2.54 bits per heavy atom. The number of amides is 3. The zero-order chi connectivity index (χ0) is 20.4. The molecule has 0 atom stereocenters. The Bertz CT molecular complexity index is 725. The fourth-order valence-corrected chi connectivity index (χ4v) is 3.02. The van der Waals surface area contributed by atoms with Crippen molar-refractivity contribution in [3.8, 4) is 11.5 Å². The fourth-order valence-electron chi connectivity index (χ4n) is 3.02. The summed E-state index contributed by atoms with van der Waals surface area (Å²) in [6.45, 7) is -0.545. The number of benzene rings is 1. The zero-order valence-corrected chi connectivity index (χ0v) is 16.2. The second-order valence-electron chi connectivity index (χ2n) is 6.38. The second-order valence-corrected chi connectivity index (χ2v) is 6.38. The van der Waals surface area contributed by atoms with Gasteiger partial charge >= 0.3 is 12.0 Å². The maximum Gasteiger partial charge on any atom is 0.331 e. The molecule has 1 aromatic rings. The van der Waals surface area contributed by atoms with E-state index >= 15 is 0 Å². The third-order valence-electron chi connectivity index (χ3n) is 4.37. The van der Waals surface area contributed by atoms with E-state index in [9.17, 15) is 14.4 Å². The van der Waals surface area contributed by atoms with Crippen molar-refractivity contribution in [2.75, 3.05) is 20.8 Å². The van der Waals surface area contributed by atoms with Crippen LogP contribution >= 0.6 is 0 Å². The average molecular weight is 390 g/mol. The van der Waals surface area contributed by atoms with Gasteiger partial charge in [-0.2, -0.15) is 0 Å². The van der Waals surface area contributed by atoms with Gasteiger partial charge in [0.2, 0.25) is 0 Å². The predicted octanol–water partition coefficient (Wildman–Crippen LogP) is 2.42. The number of hydrogen-bond donors (Lipinski definition) is 2. The minimum absolute atomic E-state index is 0.0878. The van der Waals surface area contributed by atoms with Crippen molar-refractivity contribution in [2.45, 2.75) is 38.1 Å². The topological polar surface area (TPSA) is 103 Å². The number of imide groups is 1. The summed E-state index contributed by atoms with van der Waals surface area (Å²) >= 11 is 0. The third-order valence-corrected chi connectivity index (χ3v) is 4.37. The number of ether oxygens (including phenoxy) is 3. The average Bonchev–Trinajstić information content (AvgIpc) is 2.70. The number of nitrogens with one attached hydrogen (secondary N) is 2. The van der Waals surface area contributed by atoms with E-state index in [0.29, 0.717) is 17.1 Å². The van der Waals surface area contributed by atoms with Gasteiger partial charge in [-0.3, -0.25) is 10.1 Å². The summed E-state index contributed by atoms with van der Waals surface area (Å²) in [6, 6.07) is 4.75. The molecule has 0 radical (unpaired) electrons. The van der Waals surface area contributed by atoms with Crippen molar-refractivity contribution in [1.82, 2.24) is 10.6 Å². The number of carbonyl (C=O) groups excluding carboxylic acids is 3. The summed E-state index contributed by atoms with van der Waals surface area (Å²) in [7, 11) is 3.01. The Labute approximate surface area is 164 Å². The van der Waals surface area contributed by atoms with Crippen molar-refractivity contribution in [2.24, 2.45) is 0 Å². The molecule has 8 nitrogen and oxygen atoms in total. The van der Waals surface area contributed by atoms with Crippen LogP contribution in [0.2, 0.25) is 0 Å². The Hall–Kier alpha value is -3.03. The smallest absolute Gasteiger partial charge is 0.331 e. The molecule has 1 fully saturated rings. The molecule has 1 aromatic carbocycles. The van der Waals surface area contributed by atoms with Gasteiger partial charge in [0.15, 0.2) is 18.1 Å². The SMILES string of the molecule is COc1cccc(/C=C/C(=O)OCC(=O)NC(=O)NC2CCCCC2)c1OC. The van der Waals surface area contributed by atoms with Crippen LogP contribution in [0.1, 0.15) is 37.7 Å². The van der Waals surface area contributed by atoms with Crippen molar-refractivity contribution in [1.29, 1.82) is 0 Å². The molecule has 0 spiro atoms. The first-order valence-corrected chi connectivity index (χ1v) is 9.19. The van der Waals surface area contributed by atoms with Gasteiger partial charge in [-0.25, -0.2) is 9.59 Å². The lowest BCUT2D eigenvalue weighted by atomic mass is 9.96. The Morgan fingerprint density at radius 1 is 1.11 bits per heavy atom. The van der Waals surface area contributed by atoms with E-state index in [4.69, 9.17) is 14.2 Å². The van der Waals surface area contributed by atoms with Gasteiger partial charge in [0.25, 0.3) is 5.91 Å². The molecule has 0 unspecified atom stereocenters. The number of carbonyl (C=O) groups is 3. The summed E-state index contributed by atoms with van der Waals surface area (Å²) in [5.74, 6) is -0.394. The van der Waals surface area contributed by atoms with Gasteiger partial charge in [0.05, 0.1) is 14.2 Å². The quantitative estimate of drug-likeness (QED) is 0.547. The predicted molar refractivity (Wildman–Crippen MR) is 103 cm³/mol. The van der Waals surface area contributed by atoms with Crippen LogP contribution in [0.15, 0.2) is 24.3 Å². The molecule has 0 aromatic heterocycles. The van der Waals surface area contributed by atoms with Crippen molar-refractivity contribution in [3.05, 3.63) is 29.8 Å². The molecule has 0 bridgehead atoms. The summed E-state index contributed by atoms with van der Waals surface area (Å²) in [4.78, 5) is 35.3. The van der Waals surface area contributed by atoms with Crippen molar-refractivity contribution < 1.29 is 28.6 Å². The first-order chi connectivity index (χ1) is 13.5. The van der Waals surface area contributed by atoms with E-state index < -0.39 is 24.5 Å². The van der Waals surface area contributed by atoms with E-state index in [1.165, 1.54) is 32.8 Å². The van der Waals surface area contributed by atoms with Crippen LogP contribution < -0.4 is 20.1 Å². The Kier molecular flexibility index (Phi) is 8.33. The van der Waals surface area contributed by atoms with Crippen molar-refractivity contribution in [3.63, 3.8) is 0 Å². The normalized spacial score (nSPS) is 14.4. The number of esters is 1. The highest BCUT2D eigenvalue weighted by atomic mass is 16.5. The highest BCUT2D eigenvalue weighted by Gasteiger charge is 2.17. The van der Waals surface area contributed by atoms with E-state index in [1.54, 1.807) is 18.2 Å². The Balaban J connectivity index is 1.78. The van der Waals surface area contributed by atoms with Gasteiger partial charge in [-0.1, -0.05) is 31.4 Å². The van der Waals surface area contributed by atoms with Crippen LogP contribution in [0, 0.1) is 0 Å². The molecule has 1 saturated carbocycles. The molecule has 2 N–H and O–H groups in total. The molecule has 0 saturated heterocycles. The molecule has 8 heteroatoms. The second kappa shape index (κ2) is 11.0. The van der Waals surface area contributed by atoms with Crippen LogP contribution in [0.25, 0.3) is 6.08 Å². The van der Waals surface area contributed by atoms with Crippen LogP contribution in [-0.4, -0.2) is 44.8 Å². The molecule has 0 heterocycles. The molecule has 0 aliphatic heterocycles. The lowest BCUT2D eigenvalue weighted by Crippen LogP contribution is -2.46. The van der Waals surface area contributed by atoms with Crippen LogP contribution in [0.5, 0.6) is 11.5 Å². The minimum Gasteiger partial charge on any atom is -0.493 e. The van der Waals surface area contributed by atoms with E-state index in [-0.39, 0.29) is 6.04 Å². The zero-order valence-electron chi connectivity index (χ0n) is 16.2. The monoisotopic (exact) mass is 390 g/mol. The number of hydrogen-bond acceptors (Lipinski definition) is 6. The highest BCUT2D eigenvalue weighted by Crippen LogP contribution is 2.31. The summed E-state index contributed by atoms with van der Waals surface area (Å²) in [6.07, 6.45) is 7.81. The van der Waals surface area contributed by atoms with Crippen LogP contribution in [0.3, 0.4) is 0 Å². The number of para-hydroxylation sites is 1. The first kappa shape index (κ1) is 21.3. The molecular formula is C20H26N2O6. The number of rotatable bonds is 7. The van der Waals surface area contributed by atoms with E-state index in [2.05, 4.69) is 10.6 Å². The lowest BCUT2D eigenvalue weighted by Gasteiger charge is -2.22. The number of urea groups is 1. The molecule has 28 heavy (non-hydrogen) atoms. The molecular weight excluding hydrogens is 364 g/mol. The maximum atomic E-state index is 11.8. The van der Waals surface area contributed by atoms with E-state index in [0.717, 1.165) is 25.7 Å². The van der Waals surface area contributed by atoms with E-state index in [1.807, 2.05) is 0 Å². The van der Waals surface area contributed by atoms with Gasteiger partial charge in [0.1, 0.15) is 0 Å². The molecule has 3 amide bonds. The summed E-state index contributed by atoms with van der Waals surface area (Å²) in [5, 5.41) is 4.92. The van der Waals surface area contributed by atoms with Crippen molar-refractivity contribution >= 4 is 24.0 Å². The summed E-state index contributed by atoms with van der Waals surface area (Å²) in [5.41, 5.74) is 0.620. The molecule has 1 aliphatic rings. The molecule has 1 aliphatic carbocycles. The molecule has 152 valence electrons. The fraction of sp³-hybridized carbons (Fsp3) is 0.450. The van der Waals surface area contributed by atoms with Gasteiger partial charge in [-0.05, 0) is 25.0 Å². The Morgan fingerprint density at radius 2 is 1.86 bits per heavy atom. The maximum absolute atomic E-state index is 11.8. The van der Waals surface area contributed by atoms with Crippen LogP contribution in [0.4, 0.5) is 4.79 Å². The molecule has 2 rings (SSSR count). The largest absolute Gasteiger partial charge is 0.493 e. The van der Waals surface area contributed by atoms with Gasteiger partial charge in [0, 0.05) is 17.7 Å². The van der Waals surface area contributed by atoms with Gasteiger partial charge < -0.3 is 19.5 Å². The number of methoxy groups -OCH3 is 2. The van der Waals surface area contributed by atoms with Crippen LogP contribution in [-0.2, 0) is 14.3 Å². The minimum atomic E-state index is -0.715. The third kappa shape index (κ3) is 6.61. The lowest BCUT2D eigenvalue weighted by molar-refractivity contribution is -0.143.